The van der Waals surface area contributed by atoms with E-state index in [0.29, 0.717) is 17.4 Å². The number of phosphoric acid groups is 1. The van der Waals surface area contributed by atoms with E-state index >= 15 is 0 Å². The van der Waals surface area contributed by atoms with Crippen LogP contribution in [0, 0.1) is 0 Å². The van der Waals surface area contributed by atoms with Crippen LogP contribution >= 0.6 is 7.82 Å². The molecule has 2 atom stereocenters. The zero-order valence-corrected chi connectivity index (χ0v) is 57.8. The van der Waals surface area contributed by atoms with E-state index in [1.165, 1.54) is 103 Å². The summed E-state index contributed by atoms with van der Waals surface area (Å²) < 4.78 is 34.7. The molecule has 0 aromatic rings. The molecular formula is C78H131NO8P+. The lowest BCUT2D eigenvalue weighted by atomic mass is 10.0. The van der Waals surface area contributed by atoms with Gasteiger partial charge in [0.15, 0.2) is 6.10 Å². The summed E-state index contributed by atoms with van der Waals surface area (Å²) in [6, 6.07) is 0. The molecule has 10 heteroatoms. The van der Waals surface area contributed by atoms with Gasteiger partial charge in [-0.3, -0.25) is 18.6 Å². The predicted octanol–water partition coefficient (Wildman–Crippen LogP) is 23.2. The summed E-state index contributed by atoms with van der Waals surface area (Å²) in [5.41, 5.74) is 0. The van der Waals surface area contributed by atoms with Crippen molar-refractivity contribution in [1.82, 2.24) is 0 Å². The van der Waals surface area contributed by atoms with Crippen LogP contribution in [-0.4, -0.2) is 74.9 Å². The fourth-order valence-corrected chi connectivity index (χ4v) is 9.98. The fourth-order valence-electron chi connectivity index (χ4n) is 9.24. The first-order chi connectivity index (χ1) is 43.0. The first kappa shape index (κ1) is 83.6. The van der Waals surface area contributed by atoms with Gasteiger partial charge in [-0.05, 0) is 122 Å². The normalized spacial score (nSPS) is 14.1. The third-order valence-electron chi connectivity index (χ3n) is 14.6. The van der Waals surface area contributed by atoms with Crippen molar-refractivity contribution in [2.75, 3.05) is 47.5 Å². The first-order valence-corrected chi connectivity index (χ1v) is 36.7. The van der Waals surface area contributed by atoms with Gasteiger partial charge in [-0.1, -0.05) is 294 Å². The Morgan fingerprint density at radius 2 is 0.614 bits per heavy atom. The average molecular weight is 1240 g/mol. The van der Waals surface area contributed by atoms with E-state index < -0.39 is 26.5 Å². The monoisotopic (exact) mass is 1240 g/mol. The average Bonchev–Trinajstić information content (AvgIpc) is 3.56. The van der Waals surface area contributed by atoms with Gasteiger partial charge < -0.3 is 18.9 Å². The Hall–Kier alpha value is -4.37. The number of nitrogens with zero attached hydrogens (tertiary/aromatic N) is 1. The topological polar surface area (TPSA) is 108 Å². The molecule has 0 heterocycles. The van der Waals surface area contributed by atoms with Crippen LogP contribution in [0.2, 0.25) is 0 Å². The number of unbranched alkanes of at least 4 members (excludes halogenated alkanes) is 23. The molecule has 0 aromatic carbocycles. The zero-order chi connectivity index (χ0) is 64.1. The van der Waals surface area contributed by atoms with Gasteiger partial charge in [-0.25, -0.2) is 4.57 Å². The molecule has 1 N–H and O–H groups in total. The summed E-state index contributed by atoms with van der Waals surface area (Å²) in [5.74, 6) is -0.823. The molecule has 0 saturated heterocycles. The van der Waals surface area contributed by atoms with Gasteiger partial charge in [-0.2, -0.15) is 0 Å². The number of allylic oxidation sites excluding steroid dienone is 26. The molecule has 0 spiro atoms. The number of esters is 2. The SMILES string of the molecule is CC/C=C\C/C=C\C/C=C\C/C=C\C/C=C\C/C=C\C/C=C\C/C=C\C/C=C\CCCCCCCC(=O)OC(COC(=O)CCCCCCCCCCCCCCCCCCCC/C=C\C/C=C\C/C=C\C/C=C\CC)COP(=O)(O)OCC[N+](C)(C)C. The highest BCUT2D eigenvalue weighted by Crippen LogP contribution is 2.43. The van der Waals surface area contributed by atoms with Crippen LogP contribution < -0.4 is 0 Å². The number of likely N-dealkylation sites (N-methyl/N-ethyl adjacent to an activating group) is 1. The molecule has 0 rings (SSSR count). The molecule has 500 valence electrons. The molecule has 0 bridgehead atoms. The Morgan fingerprint density at radius 1 is 0.352 bits per heavy atom. The number of quaternary nitrogens is 1. The summed E-state index contributed by atoms with van der Waals surface area (Å²) in [4.78, 5) is 35.9. The molecule has 0 fully saturated rings. The van der Waals surface area contributed by atoms with E-state index in [0.717, 1.165) is 135 Å². The summed E-state index contributed by atoms with van der Waals surface area (Å²) >= 11 is 0. The molecule has 0 aromatic heterocycles. The molecule has 0 saturated carbocycles. The van der Waals surface area contributed by atoms with Crippen LogP contribution in [0.3, 0.4) is 0 Å². The maximum atomic E-state index is 12.9. The second kappa shape index (κ2) is 67.0. The third-order valence-corrected chi connectivity index (χ3v) is 15.5. The summed E-state index contributed by atoms with van der Waals surface area (Å²) in [7, 11) is 1.45. The number of phosphoric ester groups is 1. The number of hydrogen-bond acceptors (Lipinski definition) is 7. The van der Waals surface area contributed by atoms with Gasteiger partial charge in [0.1, 0.15) is 19.8 Å². The lowest BCUT2D eigenvalue weighted by molar-refractivity contribution is -0.870. The van der Waals surface area contributed by atoms with Gasteiger partial charge in [0.05, 0.1) is 27.7 Å². The van der Waals surface area contributed by atoms with Crippen molar-refractivity contribution in [3.63, 3.8) is 0 Å². The largest absolute Gasteiger partial charge is 0.472 e. The maximum Gasteiger partial charge on any atom is 0.472 e. The first-order valence-electron chi connectivity index (χ1n) is 35.2. The molecule has 88 heavy (non-hydrogen) atoms. The summed E-state index contributed by atoms with van der Waals surface area (Å²) in [5, 5.41) is 0. The molecule has 0 aliphatic rings. The van der Waals surface area contributed by atoms with E-state index in [2.05, 4.69) is 172 Å². The standard InChI is InChI=1S/C78H130NO8P/c1-6-8-10-12-14-16-18-20-22-24-26-28-30-32-34-36-38-39-41-43-45-47-49-51-53-55-57-59-61-63-65-67-69-71-78(81)87-76(75-86-88(82,83)85-73-72-79(3,4)5)74-84-77(80)70-68-66-64-62-60-58-56-54-52-50-48-46-44-42-40-37-35-33-31-29-27-25-23-21-19-17-15-13-11-9-7-2/h8-11,14-17,20-23,26-29,32,34,38-39,43,45,49,51,55,57,76H,6-7,12-13,18-19,24-25,30-31,33,35-37,40-42,44,46-48,50,52-54,56,58-75H2,1-5H3/p+1/b10-8-,11-9-,16-14-,17-15-,22-20-,23-21-,28-26-,29-27-,34-32-,39-38-,45-43-,51-49-,57-55-. The Bertz CT molecular complexity index is 2040. The minimum atomic E-state index is -4.41. The molecule has 0 aliphatic carbocycles. The number of ether oxygens (including phenoxy) is 2. The quantitative estimate of drug-likeness (QED) is 0.0211. The van der Waals surface area contributed by atoms with E-state index in [1.54, 1.807) is 0 Å². The molecule has 9 nitrogen and oxygen atoms in total. The van der Waals surface area contributed by atoms with E-state index in [4.69, 9.17) is 18.5 Å². The van der Waals surface area contributed by atoms with Gasteiger partial charge in [0.25, 0.3) is 0 Å². The van der Waals surface area contributed by atoms with Crippen LogP contribution in [0.4, 0.5) is 0 Å². The Kier molecular flexibility index (Phi) is 63.7. The molecule has 0 aliphatic heterocycles. The van der Waals surface area contributed by atoms with Crippen LogP contribution in [-0.2, 0) is 32.7 Å². The van der Waals surface area contributed by atoms with Gasteiger partial charge in [0, 0.05) is 12.8 Å². The zero-order valence-electron chi connectivity index (χ0n) is 56.9. The second-order valence-corrected chi connectivity index (χ2v) is 25.6. The smallest absolute Gasteiger partial charge is 0.462 e. The van der Waals surface area contributed by atoms with Crippen molar-refractivity contribution >= 4 is 19.8 Å². The van der Waals surface area contributed by atoms with Crippen LogP contribution in [0.25, 0.3) is 0 Å². The van der Waals surface area contributed by atoms with Crippen molar-refractivity contribution < 1.29 is 42.1 Å². The molecule has 0 radical (unpaired) electrons. The van der Waals surface area contributed by atoms with E-state index in [1.807, 2.05) is 21.1 Å². The predicted molar refractivity (Wildman–Crippen MR) is 380 cm³/mol. The minimum Gasteiger partial charge on any atom is -0.462 e. The Labute approximate surface area is 541 Å². The summed E-state index contributed by atoms with van der Waals surface area (Å²) in [6.07, 6.45) is 101. The number of carbonyl (C=O) groups excluding carboxylic acids is 2. The third kappa shape index (κ3) is 70.7. The van der Waals surface area contributed by atoms with Crippen LogP contribution in [0.1, 0.15) is 271 Å². The van der Waals surface area contributed by atoms with Crippen molar-refractivity contribution in [3.8, 4) is 0 Å². The van der Waals surface area contributed by atoms with Crippen molar-refractivity contribution in [2.24, 2.45) is 0 Å². The molecule has 0 amide bonds. The highest BCUT2D eigenvalue weighted by atomic mass is 31.2. The Morgan fingerprint density at radius 3 is 0.909 bits per heavy atom. The van der Waals surface area contributed by atoms with Gasteiger partial charge >= 0.3 is 19.8 Å². The highest BCUT2D eigenvalue weighted by Gasteiger charge is 2.27. The molecular weight excluding hydrogens is 1110 g/mol. The lowest BCUT2D eigenvalue weighted by Crippen LogP contribution is -2.37. The van der Waals surface area contributed by atoms with Crippen molar-refractivity contribution in [3.05, 3.63) is 158 Å². The number of hydrogen-bond donors (Lipinski definition) is 1. The lowest BCUT2D eigenvalue weighted by Gasteiger charge is -2.24. The molecule has 2 unspecified atom stereocenters. The van der Waals surface area contributed by atoms with Crippen LogP contribution in [0.5, 0.6) is 0 Å². The second-order valence-electron chi connectivity index (χ2n) is 24.2. The van der Waals surface area contributed by atoms with E-state index in [-0.39, 0.29) is 32.0 Å². The fraction of sp³-hybridized carbons (Fsp3) is 0.641. The van der Waals surface area contributed by atoms with Crippen molar-refractivity contribution in [1.29, 1.82) is 0 Å². The van der Waals surface area contributed by atoms with Gasteiger partial charge in [0.2, 0.25) is 0 Å². The number of carbonyl (C=O) groups is 2. The van der Waals surface area contributed by atoms with Crippen LogP contribution in [0.15, 0.2) is 158 Å². The maximum absolute atomic E-state index is 12.9. The van der Waals surface area contributed by atoms with E-state index in [9.17, 15) is 19.0 Å². The minimum absolute atomic E-state index is 0.0203. The summed E-state index contributed by atoms with van der Waals surface area (Å²) in [6.45, 7) is 4.19. The van der Waals surface area contributed by atoms with Crippen molar-refractivity contribution in [2.45, 2.75) is 277 Å². The Balaban J connectivity index is 4.13. The highest BCUT2D eigenvalue weighted by molar-refractivity contribution is 7.47. The number of rotatable bonds is 63. The van der Waals surface area contributed by atoms with Gasteiger partial charge in [-0.15, -0.1) is 0 Å².